The fourth-order valence-corrected chi connectivity index (χ4v) is 1.20. The van der Waals surface area contributed by atoms with Gasteiger partial charge in [0.25, 0.3) is 0 Å². The van der Waals surface area contributed by atoms with E-state index in [1.807, 2.05) is 13.8 Å². The summed E-state index contributed by atoms with van der Waals surface area (Å²) >= 11 is 0. The number of nitrogens with one attached hydrogen (secondary N) is 1. The molecule has 0 amide bonds. The molecule has 0 radical (unpaired) electrons. The minimum Gasteiger partial charge on any atom is -0.478 e. The van der Waals surface area contributed by atoms with E-state index < -0.39 is 11.8 Å². The smallest absolute Gasteiger partial charge is 0.338 e. The lowest BCUT2D eigenvalue weighted by Gasteiger charge is -2.22. The van der Waals surface area contributed by atoms with E-state index in [1.54, 1.807) is 0 Å². The van der Waals surface area contributed by atoms with Crippen LogP contribution in [0.1, 0.15) is 24.2 Å². The molecule has 5 heteroatoms. The fourth-order valence-electron chi connectivity index (χ4n) is 1.20. The third kappa shape index (κ3) is 3.71. The molecule has 0 aliphatic carbocycles. The molecule has 0 aromatic heterocycles. The monoisotopic (exact) mass is 241 g/mol. The van der Waals surface area contributed by atoms with Crippen molar-refractivity contribution in [3.8, 4) is 0 Å². The first-order valence-corrected chi connectivity index (χ1v) is 5.23. The molecule has 94 valence electrons. The molecule has 0 fully saturated rings. The summed E-state index contributed by atoms with van der Waals surface area (Å²) in [6, 6.07) is 3.82. The molecule has 1 aromatic carbocycles. The number of rotatable bonds is 5. The van der Waals surface area contributed by atoms with Gasteiger partial charge in [-0.15, -0.1) is 0 Å². The maximum absolute atomic E-state index is 13.1. The van der Waals surface area contributed by atoms with E-state index in [-0.39, 0.29) is 17.6 Å². The first kappa shape index (κ1) is 13.4. The number of aliphatic hydroxyl groups is 1. The molecule has 0 spiro atoms. The molecule has 0 bridgehead atoms. The van der Waals surface area contributed by atoms with Crippen molar-refractivity contribution in [2.75, 3.05) is 18.5 Å². The maximum atomic E-state index is 13.1. The molecular formula is C12H16FNO3. The zero-order chi connectivity index (χ0) is 13.1. The van der Waals surface area contributed by atoms with Gasteiger partial charge in [0.05, 0.1) is 5.56 Å². The molecule has 0 unspecified atom stereocenters. The normalized spacial score (nSPS) is 11.3. The summed E-state index contributed by atoms with van der Waals surface area (Å²) in [5.74, 6) is -2.06. The highest BCUT2D eigenvalue weighted by Gasteiger charge is 2.17. The molecule has 0 heterocycles. The summed E-state index contributed by atoms with van der Waals surface area (Å²) in [4.78, 5) is 10.7. The van der Waals surface area contributed by atoms with Crippen LogP contribution in [0.2, 0.25) is 0 Å². The molecular weight excluding hydrogens is 225 g/mol. The molecule has 4 nitrogen and oxygen atoms in total. The Kier molecular flexibility index (Phi) is 4.07. The van der Waals surface area contributed by atoms with Crippen molar-refractivity contribution >= 4 is 11.7 Å². The largest absolute Gasteiger partial charge is 0.478 e. The molecule has 0 aliphatic rings. The molecule has 1 rings (SSSR count). The Bertz CT molecular complexity index is 418. The highest BCUT2D eigenvalue weighted by atomic mass is 19.1. The van der Waals surface area contributed by atoms with Gasteiger partial charge in [-0.3, -0.25) is 0 Å². The number of benzene rings is 1. The number of carboxylic acid groups (broad SMARTS) is 1. The molecule has 3 N–H and O–H groups in total. The molecule has 0 saturated heterocycles. The first-order valence-electron chi connectivity index (χ1n) is 5.23. The van der Waals surface area contributed by atoms with E-state index in [1.165, 1.54) is 12.1 Å². The highest BCUT2D eigenvalue weighted by molar-refractivity contribution is 5.89. The summed E-state index contributed by atoms with van der Waals surface area (Å²) in [7, 11) is 0. The zero-order valence-corrected chi connectivity index (χ0v) is 9.83. The van der Waals surface area contributed by atoms with Gasteiger partial charge in [-0.05, 0) is 18.2 Å². The van der Waals surface area contributed by atoms with Crippen LogP contribution in [0.25, 0.3) is 0 Å². The van der Waals surface area contributed by atoms with E-state index in [0.29, 0.717) is 12.2 Å². The predicted octanol–water partition coefficient (Wildman–Crippen LogP) is 1.95. The standard InChI is InChI=1S/C12H16FNO3/c1-12(2,7-15)6-14-8-3-4-10(13)9(5-8)11(16)17/h3-5,14-15H,6-7H2,1-2H3,(H,16,17). The van der Waals surface area contributed by atoms with E-state index in [2.05, 4.69) is 5.32 Å². The third-order valence-corrected chi connectivity index (χ3v) is 2.40. The Morgan fingerprint density at radius 2 is 2.12 bits per heavy atom. The van der Waals surface area contributed by atoms with Gasteiger partial charge >= 0.3 is 5.97 Å². The van der Waals surface area contributed by atoms with Crippen LogP contribution in [-0.2, 0) is 0 Å². The average Bonchev–Trinajstić information content (AvgIpc) is 2.27. The van der Waals surface area contributed by atoms with Crippen LogP contribution in [0, 0.1) is 11.2 Å². The highest BCUT2D eigenvalue weighted by Crippen LogP contribution is 2.18. The second-order valence-corrected chi connectivity index (χ2v) is 4.68. The lowest BCUT2D eigenvalue weighted by Crippen LogP contribution is -2.26. The SMILES string of the molecule is CC(C)(CO)CNc1ccc(F)c(C(=O)O)c1. The van der Waals surface area contributed by atoms with Gasteiger partial charge in [0.15, 0.2) is 0 Å². The number of halogens is 1. The molecule has 17 heavy (non-hydrogen) atoms. The molecule has 0 atom stereocenters. The number of carboxylic acids is 1. The average molecular weight is 241 g/mol. The van der Waals surface area contributed by atoms with E-state index in [4.69, 9.17) is 10.2 Å². The van der Waals surface area contributed by atoms with Crippen molar-refractivity contribution in [3.05, 3.63) is 29.6 Å². The lowest BCUT2D eigenvalue weighted by atomic mass is 9.95. The number of hydrogen-bond donors (Lipinski definition) is 3. The number of hydrogen-bond acceptors (Lipinski definition) is 3. The van der Waals surface area contributed by atoms with Crippen LogP contribution < -0.4 is 5.32 Å². The second-order valence-electron chi connectivity index (χ2n) is 4.68. The van der Waals surface area contributed by atoms with Crippen LogP contribution >= 0.6 is 0 Å². The van der Waals surface area contributed by atoms with Gasteiger partial charge in [0.2, 0.25) is 0 Å². The second kappa shape index (κ2) is 5.14. The number of carbonyl (C=O) groups is 1. The van der Waals surface area contributed by atoms with E-state index in [9.17, 15) is 9.18 Å². The van der Waals surface area contributed by atoms with E-state index in [0.717, 1.165) is 6.07 Å². The Morgan fingerprint density at radius 1 is 1.47 bits per heavy atom. The van der Waals surface area contributed by atoms with Crippen molar-refractivity contribution in [1.29, 1.82) is 0 Å². The van der Waals surface area contributed by atoms with Crippen LogP contribution in [0.5, 0.6) is 0 Å². The van der Waals surface area contributed by atoms with Gasteiger partial charge in [-0.2, -0.15) is 0 Å². The van der Waals surface area contributed by atoms with Crippen LogP contribution in [0.3, 0.4) is 0 Å². The third-order valence-electron chi connectivity index (χ3n) is 2.40. The van der Waals surface area contributed by atoms with Crippen molar-refractivity contribution in [2.24, 2.45) is 5.41 Å². The lowest BCUT2D eigenvalue weighted by molar-refractivity contribution is 0.0692. The van der Waals surface area contributed by atoms with Crippen molar-refractivity contribution in [3.63, 3.8) is 0 Å². The molecule has 1 aromatic rings. The Morgan fingerprint density at radius 3 is 2.65 bits per heavy atom. The summed E-state index contributed by atoms with van der Waals surface area (Å²) in [5.41, 5.74) is -0.167. The Hall–Kier alpha value is -1.62. The van der Waals surface area contributed by atoms with Gasteiger partial charge in [-0.1, -0.05) is 13.8 Å². The number of aliphatic hydroxyl groups excluding tert-OH is 1. The maximum Gasteiger partial charge on any atom is 0.338 e. The van der Waals surface area contributed by atoms with Crippen molar-refractivity contribution < 1.29 is 19.4 Å². The fraction of sp³-hybridized carbons (Fsp3) is 0.417. The Balaban J connectivity index is 2.80. The topological polar surface area (TPSA) is 69.6 Å². The van der Waals surface area contributed by atoms with Crippen LogP contribution in [-0.4, -0.2) is 29.3 Å². The predicted molar refractivity (Wildman–Crippen MR) is 62.7 cm³/mol. The molecule has 0 saturated carbocycles. The summed E-state index contributed by atoms with van der Waals surface area (Å²) in [6.07, 6.45) is 0. The summed E-state index contributed by atoms with van der Waals surface area (Å²) in [6.45, 7) is 4.20. The van der Waals surface area contributed by atoms with Crippen LogP contribution in [0.15, 0.2) is 18.2 Å². The zero-order valence-electron chi connectivity index (χ0n) is 9.83. The Labute approximate surface area is 99.1 Å². The first-order chi connectivity index (χ1) is 7.85. The van der Waals surface area contributed by atoms with Gasteiger partial charge < -0.3 is 15.5 Å². The van der Waals surface area contributed by atoms with Crippen LogP contribution in [0.4, 0.5) is 10.1 Å². The number of aromatic carboxylic acids is 1. The molecule has 0 aliphatic heterocycles. The van der Waals surface area contributed by atoms with Gasteiger partial charge in [0, 0.05) is 24.3 Å². The number of anilines is 1. The van der Waals surface area contributed by atoms with Crippen molar-refractivity contribution in [2.45, 2.75) is 13.8 Å². The van der Waals surface area contributed by atoms with Gasteiger partial charge in [0.1, 0.15) is 5.82 Å². The minimum absolute atomic E-state index is 0.00693. The van der Waals surface area contributed by atoms with Gasteiger partial charge in [-0.25, -0.2) is 9.18 Å². The summed E-state index contributed by atoms with van der Waals surface area (Å²) in [5, 5.41) is 20.8. The summed E-state index contributed by atoms with van der Waals surface area (Å²) < 4.78 is 13.1. The minimum atomic E-state index is -1.30. The van der Waals surface area contributed by atoms with E-state index >= 15 is 0 Å². The van der Waals surface area contributed by atoms with Crippen molar-refractivity contribution in [1.82, 2.24) is 0 Å². The quantitative estimate of drug-likeness (QED) is 0.737.